The monoisotopic (exact) mass is 171 g/mol. The van der Waals surface area contributed by atoms with Gasteiger partial charge in [0, 0.05) is 39.1 Å². The van der Waals surface area contributed by atoms with Gasteiger partial charge in [-0.2, -0.15) is 0 Å². The quantitative estimate of drug-likeness (QED) is 0.574. The van der Waals surface area contributed by atoms with E-state index in [9.17, 15) is 4.79 Å². The number of hydrogen-bond donors (Lipinski definition) is 2. The largest absolute Gasteiger partial charge is 0.355 e. The Morgan fingerprint density at radius 1 is 1.58 bits per heavy atom. The van der Waals surface area contributed by atoms with Gasteiger partial charge in [0.15, 0.2) is 0 Å². The lowest BCUT2D eigenvalue weighted by Gasteiger charge is -2.17. The Labute approximate surface area is 73.3 Å². The fourth-order valence-electron chi connectivity index (χ4n) is 1.31. The van der Waals surface area contributed by atoms with Crippen molar-refractivity contribution in [3.63, 3.8) is 0 Å². The van der Waals surface area contributed by atoms with E-state index in [0.29, 0.717) is 6.42 Å². The third-order valence-electron chi connectivity index (χ3n) is 2.08. The third-order valence-corrected chi connectivity index (χ3v) is 2.08. The van der Waals surface area contributed by atoms with Crippen LogP contribution in [-0.4, -0.2) is 50.6 Å². The van der Waals surface area contributed by atoms with Gasteiger partial charge < -0.3 is 10.6 Å². The molecule has 0 radical (unpaired) electrons. The summed E-state index contributed by atoms with van der Waals surface area (Å²) in [7, 11) is 1.95. The molecule has 0 saturated carbocycles. The highest BCUT2D eigenvalue weighted by molar-refractivity contribution is 5.76. The van der Waals surface area contributed by atoms with Gasteiger partial charge in [0.1, 0.15) is 0 Å². The van der Waals surface area contributed by atoms with Gasteiger partial charge in [-0.25, -0.2) is 0 Å². The first-order valence-corrected chi connectivity index (χ1v) is 4.46. The Kier molecular flexibility index (Phi) is 4.04. The predicted molar refractivity (Wildman–Crippen MR) is 48.0 cm³/mol. The summed E-state index contributed by atoms with van der Waals surface area (Å²) in [6, 6.07) is 0. The minimum Gasteiger partial charge on any atom is -0.355 e. The molecule has 0 aliphatic carbocycles. The van der Waals surface area contributed by atoms with E-state index < -0.39 is 0 Å². The summed E-state index contributed by atoms with van der Waals surface area (Å²) in [5, 5.41) is 5.95. The Morgan fingerprint density at radius 2 is 2.42 bits per heavy atom. The van der Waals surface area contributed by atoms with Crippen molar-refractivity contribution in [2.45, 2.75) is 6.42 Å². The molecule has 1 amide bonds. The summed E-state index contributed by atoms with van der Waals surface area (Å²) in [5.41, 5.74) is 0. The van der Waals surface area contributed by atoms with E-state index >= 15 is 0 Å². The lowest BCUT2D eigenvalue weighted by Crippen LogP contribution is -2.33. The zero-order valence-electron chi connectivity index (χ0n) is 7.60. The molecule has 70 valence electrons. The topological polar surface area (TPSA) is 44.4 Å². The Morgan fingerprint density at radius 3 is 3.17 bits per heavy atom. The van der Waals surface area contributed by atoms with Crippen molar-refractivity contribution in [3.8, 4) is 0 Å². The summed E-state index contributed by atoms with van der Waals surface area (Å²) in [6.45, 7) is 4.70. The van der Waals surface area contributed by atoms with Gasteiger partial charge in [0.25, 0.3) is 0 Å². The second-order valence-electron chi connectivity index (χ2n) is 3.05. The van der Waals surface area contributed by atoms with Crippen molar-refractivity contribution < 1.29 is 4.79 Å². The zero-order valence-corrected chi connectivity index (χ0v) is 7.60. The number of carbonyl (C=O) groups is 1. The van der Waals surface area contributed by atoms with Crippen molar-refractivity contribution in [2.75, 3.05) is 39.8 Å². The first-order chi connectivity index (χ1) is 5.83. The van der Waals surface area contributed by atoms with Crippen molar-refractivity contribution in [1.82, 2.24) is 15.5 Å². The first-order valence-electron chi connectivity index (χ1n) is 4.46. The minimum atomic E-state index is 0.182. The number of likely N-dealkylation sites (N-methyl/N-ethyl adjacent to an activating group) is 1. The molecule has 0 aromatic rings. The molecule has 2 N–H and O–H groups in total. The number of nitrogens with one attached hydrogen (secondary N) is 2. The van der Waals surface area contributed by atoms with Crippen LogP contribution < -0.4 is 10.6 Å². The fourth-order valence-corrected chi connectivity index (χ4v) is 1.31. The van der Waals surface area contributed by atoms with Crippen LogP contribution in [0.15, 0.2) is 0 Å². The SMILES string of the molecule is CNCCN1CCNC(=O)CC1. The van der Waals surface area contributed by atoms with Crippen LogP contribution in [-0.2, 0) is 4.79 Å². The molecule has 4 nitrogen and oxygen atoms in total. The summed E-state index contributed by atoms with van der Waals surface area (Å²) in [4.78, 5) is 13.2. The number of rotatable bonds is 3. The average Bonchev–Trinajstić information content (AvgIpc) is 2.27. The molecule has 0 aromatic carbocycles. The molecule has 1 aliphatic rings. The van der Waals surface area contributed by atoms with Crippen LogP contribution in [0.1, 0.15) is 6.42 Å². The Hall–Kier alpha value is -0.610. The molecule has 1 rings (SSSR count). The van der Waals surface area contributed by atoms with E-state index in [4.69, 9.17) is 0 Å². The van der Waals surface area contributed by atoms with Crippen molar-refractivity contribution in [2.24, 2.45) is 0 Å². The van der Waals surface area contributed by atoms with Crippen LogP contribution in [0.4, 0.5) is 0 Å². The maximum absolute atomic E-state index is 10.9. The second-order valence-corrected chi connectivity index (χ2v) is 3.05. The van der Waals surface area contributed by atoms with Crippen LogP contribution in [0, 0.1) is 0 Å². The molecule has 0 atom stereocenters. The van der Waals surface area contributed by atoms with Crippen molar-refractivity contribution in [3.05, 3.63) is 0 Å². The van der Waals surface area contributed by atoms with Crippen LogP contribution in [0.5, 0.6) is 0 Å². The van der Waals surface area contributed by atoms with E-state index in [1.807, 2.05) is 7.05 Å². The maximum atomic E-state index is 10.9. The molecule has 1 saturated heterocycles. The number of carbonyl (C=O) groups excluding carboxylic acids is 1. The molecule has 0 unspecified atom stereocenters. The van der Waals surface area contributed by atoms with Gasteiger partial charge >= 0.3 is 0 Å². The Bertz CT molecular complexity index is 149. The van der Waals surface area contributed by atoms with E-state index in [1.165, 1.54) is 0 Å². The van der Waals surface area contributed by atoms with E-state index in [0.717, 1.165) is 32.7 Å². The lowest BCUT2D eigenvalue weighted by molar-refractivity contribution is -0.120. The fraction of sp³-hybridized carbons (Fsp3) is 0.875. The van der Waals surface area contributed by atoms with Gasteiger partial charge in [0.05, 0.1) is 0 Å². The van der Waals surface area contributed by atoms with Gasteiger partial charge in [-0.3, -0.25) is 9.69 Å². The predicted octanol–water partition coefficient (Wildman–Crippen LogP) is -0.972. The molecular weight excluding hydrogens is 154 g/mol. The molecule has 4 heteroatoms. The number of amides is 1. The highest BCUT2D eigenvalue weighted by Crippen LogP contribution is 1.94. The first kappa shape index (κ1) is 9.48. The summed E-state index contributed by atoms with van der Waals surface area (Å²) in [5.74, 6) is 0.182. The summed E-state index contributed by atoms with van der Waals surface area (Å²) < 4.78 is 0. The number of nitrogens with zero attached hydrogens (tertiary/aromatic N) is 1. The third kappa shape index (κ3) is 3.19. The standard InChI is InChI=1S/C8H17N3O/c1-9-3-6-11-5-2-8(12)10-4-7-11/h9H,2-7H2,1H3,(H,10,12). The number of hydrogen-bond acceptors (Lipinski definition) is 3. The molecule has 1 heterocycles. The maximum Gasteiger partial charge on any atom is 0.221 e. The van der Waals surface area contributed by atoms with Crippen LogP contribution in [0.25, 0.3) is 0 Å². The van der Waals surface area contributed by atoms with Gasteiger partial charge in [-0.15, -0.1) is 0 Å². The molecule has 1 aliphatic heterocycles. The van der Waals surface area contributed by atoms with E-state index in [2.05, 4.69) is 15.5 Å². The van der Waals surface area contributed by atoms with Crippen molar-refractivity contribution in [1.29, 1.82) is 0 Å². The highest BCUT2D eigenvalue weighted by atomic mass is 16.1. The van der Waals surface area contributed by atoms with Crippen molar-refractivity contribution >= 4 is 5.91 Å². The smallest absolute Gasteiger partial charge is 0.221 e. The normalized spacial score (nSPS) is 20.2. The molecule has 0 bridgehead atoms. The van der Waals surface area contributed by atoms with Gasteiger partial charge in [-0.1, -0.05) is 0 Å². The van der Waals surface area contributed by atoms with E-state index in [1.54, 1.807) is 0 Å². The molecule has 12 heavy (non-hydrogen) atoms. The Balaban J connectivity index is 2.21. The average molecular weight is 171 g/mol. The molecule has 0 aromatic heterocycles. The van der Waals surface area contributed by atoms with Gasteiger partial charge in [0.2, 0.25) is 5.91 Å². The van der Waals surface area contributed by atoms with Crippen LogP contribution >= 0.6 is 0 Å². The minimum absolute atomic E-state index is 0.182. The molecular formula is C8H17N3O. The molecule has 0 spiro atoms. The van der Waals surface area contributed by atoms with Gasteiger partial charge in [-0.05, 0) is 7.05 Å². The van der Waals surface area contributed by atoms with Crippen LogP contribution in [0.2, 0.25) is 0 Å². The zero-order chi connectivity index (χ0) is 8.81. The molecule has 1 fully saturated rings. The summed E-state index contributed by atoms with van der Waals surface area (Å²) in [6.07, 6.45) is 0.643. The van der Waals surface area contributed by atoms with Crippen LogP contribution in [0.3, 0.4) is 0 Å². The van der Waals surface area contributed by atoms with E-state index in [-0.39, 0.29) is 5.91 Å². The summed E-state index contributed by atoms with van der Waals surface area (Å²) >= 11 is 0. The highest BCUT2D eigenvalue weighted by Gasteiger charge is 2.11. The lowest BCUT2D eigenvalue weighted by atomic mass is 10.4. The second kappa shape index (κ2) is 5.11.